The van der Waals surface area contributed by atoms with Crippen LogP contribution >= 0.6 is 28.3 Å². The molecule has 5 heteroatoms. The number of fused-ring (bicyclic) bond motifs is 1. The van der Waals surface area contributed by atoms with E-state index in [9.17, 15) is 4.79 Å². The average Bonchev–Trinajstić information content (AvgIpc) is 2.91. The van der Waals surface area contributed by atoms with Crippen molar-refractivity contribution in [3.63, 3.8) is 0 Å². The number of nitrogens with zero attached hydrogens (tertiary/aromatic N) is 2. The van der Waals surface area contributed by atoms with Crippen molar-refractivity contribution in [2.45, 2.75) is 6.54 Å². The van der Waals surface area contributed by atoms with Gasteiger partial charge in [0.15, 0.2) is 5.78 Å². The summed E-state index contributed by atoms with van der Waals surface area (Å²) < 4.78 is 2.81. The molecular formula is C15H12BrClN2O. The van der Waals surface area contributed by atoms with Gasteiger partial charge in [0.2, 0.25) is 0 Å². The number of hydrogen-bond donors (Lipinski definition) is 0. The van der Waals surface area contributed by atoms with E-state index in [-0.39, 0.29) is 18.2 Å². The highest BCUT2D eigenvalue weighted by Crippen LogP contribution is 2.21. The van der Waals surface area contributed by atoms with Crippen molar-refractivity contribution in [3.05, 3.63) is 65.2 Å². The molecule has 0 unspecified atom stereocenters. The van der Waals surface area contributed by atoms with Gasteiger partial charge in [0, 0.05) is 22.4 Å². The predicted molar refractivity (Wildman–Crippen MR) is 85.5 cm³/mol. The molecular weight excluding hydrogens is 340 g/mol. The molecule has 20 heavy (non-hydrogen) atoms. The smallest absolute Gasteiger partial charge is 0.182 e. The molecule has 3 rings (SSSR count). The molecule has 0 fully saturated rings. The Kier molecular flexibility index (Phi) is 4.57. The van der Waals surface area contributed by atoms with Crippen LogP contribution in [-0.4, -0.2) is 15.3 Å². The highest BCUT2D eigenvalue weighted by atomic mass is 79.9. The van der Waals surface area contributed by atoms with E-state index in [1.807, 2.05) is 36.4 Å². The highest BCUT2D eigenvalue weighted by molar-refractivity contribution is 9.10. The van der Waals surface area contributed by atoms with Crippen LogP contribution in [0.4, 0.5) is 0 Å². The summed E-state index contributed by atoms with van der Waals surface area (Å²) in [5.41, 5.74) is 0.725. The Bertz CT molecular complexity index is 741. The fourth-order valence-electron chi connectivity index (χ4n) is 2.03. The van der Waals surface area contributed by atoms with Crippen molar-refractivity contribution in [2.75, 3.05) is 0 Å². The Hall–Kier alpha value is -1.65. The number of carbonyl (C=O) groups excluding carboxylic acids is 1. The van der Waals surface area contributed by atoms with Crippen LogP contribution in [0.25, 0.3) is 10.8 Å². The third kappa shape index (κ3) is 3.08. The van der Waals surface area contributed by atoms with Gasteiger partial charge < -0.3 is 4.57 Å². The number of imidazole rings is 1. The molecule has 0 aliphatic heterocycles. The number of ketones is 1. The fourth-order valence-corrected chi connectivity index (χ4v) is 2.41. The van der Waals surface area contributed by atoms with Gasteiger partial charge >= 0.3 is 0 Å². The number of rotatable bonds is 3. The van der Waals surface area contributed by atoms with Gasteiger partial charge in [-0.3, -0.25) is 4.79 Å². The monoisotopic (exact) mass is 350 g/mol. The number of carbonyl (C=O) groups is 1. The zero-order chi connectivity index (χ0) is 13.2. The molecule has 0 radical (unpaired) electrons. The molecule has 0 amide bonds. The van der Waals surface area contributed by atoms with Gasteiger partial charge in [-0.1, -0.05) is 34.1 Å². The lowest BCUT2D eigenvalue weighted by Crippen LogP contribution is -2.08. The van der Waals surface area contributed by atoms with Crippen LogP contribution in [0.3, 0.4) is 0 Å². The minimum atomic E-state index is 0. The van der Waals surface area contributed by atoms with Crippen LogP contribution in [0.15, 0.2) is 59.6 Å². The largest absolute Gasteiger partial charge is 0.330 e. The second kappa shape index (κ2) is 6.20. The van der Waals surface area contributed by atoms with Crippen molar-refractivity contribution in [1.82, 2.24) is 9.55 Å². The lowest BCUT2D eigenvalue weighted by molar-refractivity contribution is 0.0972. The van der Waals surface area contributed by atoms with Crippen LogP contribution in [-0.2, 0) is 6.54 Å². The minimum Gasteiger partial charge on any atom is -0.330 e. The molecule has 102 valence electrons. The maximum atomic E-state index is 12.2. The first-order valence-corrected chi connectivity index (χ1v) is 6.70. The summed E-state index contributed by atoms with van der Waals surface area (Å²) in [4.78, 5) is 16.1. The minimum absolute atomic E-state index is 0. The Balaban J connectivity index is 0.00000147. The van der Waals surface area contributed by atoms with E-state index in [4.69, 9.17) is 0 Å². The van der Waals surface area contributed by atoms with E-state index < -0.39 is 0 Å². The van der Waals surface area contributed by atoms with Crippen molar-refractivity contribution in [1.29, 1.82) is 0 Å². The second-order valence-electron chi connectivity index (χ2n) is 4.36. The summed E-state index contributed by atoms with van der Waals surface area (Å²) in [7, 11) is 0. The Morgan fingerprint density at radius 1 is 1.15 bits per heavy atom. The maximum Gasteiger partial charge on any atom is 0.182 e. The first-order chi connectivity index (χ1) is 9.22. The molecule has 0 aliphatic rings. The fraction of sp³-hybridized carbons (Fsp3) is 0.0667. The number of hydrogen-bond acceptors (Lipinski definition) is 2. The first kappa shape index (κ1) is 14.8. The van der Waals surface area contributed by atoms with Gasteiger partial charge in [-0.25, -0.2) is 4.98 Å². The Morgan fingerprint density at radius 3 is 2.65 bits per heavy atom. The van der Waals surface area contributed by atoms with Gasteiger partial charge in [0.05, 0.1) is 12.9 Å². The lowest BCUT2D eigenvalue weighted by Gasteiger charge is -2.04. The second-order valence-corrected chi connectivity index (χ2v) is 5.28. The molecule has 1 aromatic heterocycles. The van der Waals surface area contributed by atoms with Crippen molar-refractivity contribution in [2.24, 2.45) is 0 Å². The summed E-state index contributed by atoms with van der Waals surface area (Å²) in [6.45, 7) is 0.321. The molecule has 3 aromatic rings. The molecule has 0 saturated heterocycles. The van der Waals surface area contributed by atoms with E-state index in [1.165, 1.54) is 0 Å². The van der Waals surface area contributed by atoms with Crippen LogP contribution in [0, 0.1) is 0 Å². The summed E-state index contributed by atoms with van der Waals surface area (Å²) in [6, 6.07) is 11.8. The molecule has 0 saturated carbocycles. The van der Waals surface area contributed by atoms with Crippen LogP contribution in [0.1, 0.15) is 10.4 Å². The zero-order valence-corrected chi connectivity index (χ0v) is 12.9. The van der Waals surface area contributed by atoms with Gasteiger partial charge in [0.1, 0.15) is 0 Å². The first-order valence-electron chi connectivity index (χ1n) is 5.91. The van der Waals surface area contributed by atoms with Gasteiger partial charge in [-0.15, -0.1) is 12.4 Å². The molecule has 0 N–H and O–H groups in total. The van der Waals surface area contributed by atoms with Gasteiger partial charge in [0.25, 0.3) is 0 Å². The Morgan fingerprint density at radius 2 is 1.90 bits per heavy atom. The summed E-state index contributed by atoms with van der Waals surface area (Å²) in [5.74, 6) is 0.0859. The van der Waals surface area contributed by atoms with E-state index in [1.54, 1.807) is 23.3 Å². The highest BCUT2D eigenvalue weighted by Gasteiger charge is 2.07. The van der Waals surface area contributed by atoms with E-state index in [0.29, 0.717) is 6.54 Å². The average molecular weight is 352 g/mol. The molecule has 0 spiro atoms. The third-order valence-electron chi connectivity index (χ3n) is 3.01. The molecule has 1 heterocycles. The summed E-state index contributed by atoms with van der Waals surface area (Å²) in [6.07, 6.45) is 5.11. The maximum absolute atomic E-state index is 12.2. The van der Waals surface area contributed by atoms with Gasteiger partial charge in [-0.05, 0) is 29.0 Å². The molecule has 0 bridgehead atoms. The van der Waals surface area contributed by atoms with Crippen LogP contribution in [0.2, 0.25) is 0 Å². The third-order valence-corrected chi connectivity index (χ3v) is 3.50. The topological polar surface area (TPSA) is 34.9 Å². The normalized spacial score (nSPS) is 10.2. The summed E-state index contributed by atoms with van der Waals surface area (Å²) in [5, 5.41) is 2.19. The predicted octanol–water partition coefficient (Wildman–Crippen LogP) is 4.10. The van der Waals surface area contributed by atoms with Crippen molar-refractivity contribution < 1.29 is 4.79 Å². The van der Waals surface area contributed by atoms with E-state index in [2.05, 4.69) is 20.9 Å². The Labute approximate surface area is 131 Å². The zero-order valence-electron chi connectivity index (χ0n) is 10.5. The number of halogens is 2. The lowest BCUT2D eigenvalue weighted by atomic mass is 10.0. The van der Waals surface area contributed by atoms with Crippen molar-refractivity contribution in [3.8, 4) is 0 Å². The van der Waals surface area contributed by atoms with Crippen molar-refractivity contribution >= 4 is 44.9 Å². The molecule has 0 atom stereocenters. The van der Waals surface area contributed by atoms with E-state index >= 15 is 0 Å². The number of aromatic nitrogens is 2. The standard InChI is InChI=1S/C15H11BrN2O.ClH/c16-14-4-3-11-7-13(2-1-12(11)8-14)15(19)9-18-6-5-17-10-18;/h1-8,10H,9H2;1H. The molecule has 3 nitrogen and oxygen atoms in total. The number of Topliss-reactive ketones (excluding diaryl/α,β-unsaturated/α-hetero) is 1. The van der Waals surface area contributed by atoms with E-state index in [0.717, 1.165) is 20.8 Å². The van der Waals surface area contributed by atoms with Crippen LogP contribution < -0.4 is 0 Å². The van der Waals surface area contributed by atoms with Gasteiger partial charge in [-0.2, -0.15) is 0 Å². The SMILES string of the molecule is Cl.O=C(Cn1ccnc1)c1ccc2cc(Br)ccc2c1. The molecule has 0 aliphatic carbocycles. The quantitative estimate of drug-likeness (QED) is 0.666. The summed E-state index contributed by atoms with van der Waals surface area (Å²) >= 11 is 3.44. The van der Waals surface area contributed by atoms with Crippen LogP contribution in [0.5, 0.6) is 0 Å². The number of benzene rings is 2. The molecule has 2 aromatic carbocycles.